The highest BCUT2D eigenvalue weighted by Crippen LogP contribution is 2.17. The lowest BCUT2D eigenvalue weighted by molar-refractivity contribution is -0.140. The first kappa shape index (κ1) is 18.9. The highest BCUT2D eigenvalue weighted by Gasteiger charge is 2.28. The van der Waals surface area contributed by atoms with Crippen molar-refractivity contribution >= 4 is 27.6 Å². The largest absolute Gasteiger partial charge is 0.481 e. The van der Waals surface area contributed by atoms with Gasteiger partial charge in [-0.05, 0) is 25.0 Å². The molecule has 128 valence electrons. The lowest BCUT2D eigenvalue weighted by Gasteiger charge is -2.28. The molecule has 0 heterocycles. The molecule has 0 aliphatic carbocycles. The average Bonchev–Trinajstić information content (AvgIpc) is 2.47. The molecule has 3 N–H and O–H groups in total. The third-order valence-electron chi connectivity index (χ3n) is 2.95. The summed E-state index contributed by atoms with van der Waals surface area (Å²) in [5.41, 5.74) is 2.70. The molecule has 0 amide bonds. The maximum absolute atomic E-state index is 12.4. The van der Waals surface area contributed by atoms with Crippen LogP contribution >= 0.6 is 0 Å². The van der Waals surface area contributed by atoms with Gasteiger partial charge in [0.25, 0.3) is 0 Å². The predicted octanol–water partition coefficient (Wildman–Crippen LogP) is 1.06. The zero-order chi connectivity index (χ0) is 17.5. The van der Waals surface area contributed by atoms with Crippen molar-refractivity contribution in [1.82, 2.24) is 5.43 Å². The van der Waals surface area contributed by atoms with Crippen molar-refractivity contribution < 1.29 is 28.2 Å². The fourth-order valence-electron chi connectivity index (χ4n) is 1.88. The number of sulfonamides is 1. The van der Waals surface area contributed by atoms with Gasteiger partial charge in [-0.2, -0.15) is 0 Å². The second kappa shape index (κ2) is 8.49. The summed E-state index contributed by atoms with van der Waals surface area (Å²) in [5.74, 6) is -2.64. The predicted molar refractivity (Wildman–Crippen MR) is 84.4 cm³/mol. The van der Waals surface area contributed by atoms with E-state index in [9.17, 15) is 23.1 Å². The van der Waals surface area contributed by atoms with Crippen molar-refractivity contribution in [2.24, 2.45) is 0 Å². The summed E-state index contributed by atoms with van der Waals surface area (Å²) in [6, 6.07) is 6.66. The number of para-hydroxylation sites is 1. The van der Waals surface area contributed by atoms with Crippen LogP contribution in [-0.2, 0) is 19.6 Å². The zero-order valence-electron chi connectivity index (χ0n) is 12.7. The molecule has 0 aliphatic heterocycles. The van der Waals surface area contributed by atoms with Crippen LogP contribution in [-0.4, -0.2) is 42.4 Å². The Morgan fingerprint density at radius 1 is 1.22 bits per heavy atom. The highest BCUT2D eigenvalue weighted by molar-refractivity contribution is 7.92. The molecule has 0 spiro atoms. The fourth-order valence-corrected chi connectivity index (χ4v) is 3.31. The lowest BCUT2D eigenvalue weighted by Crippen LogP contribution is -2.52. The summed E-state index contributed by atoms with van der Waals surface area (Å²) in [4.78, 5) is 21.9. The number of hydrogen-bond acceptors (Lipinski definition) is 5. The standard InChI is InChI=1S/C14H20N2O6S/c1-2-10-23(21,22)16(11-6-4-3-5-7-11)15-12(14(19)20)8-9-13(17)18/h3-7,12,15H,2,8-10H2,1H3,(H,17,18)(H,19,20)/t12-/m0/s1. The Bertz CT molecular complexity index is 632. The molecule has 0 saturated heterocycles. The lowest BCUT2D eigenvalue weighted by atomic mass is 10.2. The summed E-state index contributed by atoms with van der Waals surface area (Å²) in [7, 11) is -3.78. The van der Waals surface area contributed by atoms with Crippen molar-refractivity contribution in [2.45, 2.75) is 32.2 Å². The molecule has 8 nitrogen and oxygen atoms in total. The quantitative estimate of drug-likeness (QED) is 0.542. The topological polar surface area (TPSA) is 124 Å². The number of carboxylic acid groups (broad SMARTS) is 2. The van der Waals surface area contributed by atoms with Crippen LogP contribution in [0.2, 0.25) is 0 Å². The second-order valence-electron chi connectivity index (χ2n) is 4.87. The van der Waals surface area contributed by atoms with Crippen molar-refractivity contribution in [3.63, 3.8) is 0 Å². The van der Waals surface area contributed by atoms with Crippen LogP contribution in [0.3, 0.4) is 0 Å². The van der Waals surface area contributed by atoms with Gasteiger partial charge in [-0.3, -0.25) is 9.59 Å². The molecule has 0 radical (unpaired) electrons. The second-order valence-corrected chi connectivity index (χ2v) is 6.81. The van der Waals surface area contributed by atoms with Crippen LogP contribution in [0.25, 0.3) is 0 Å². The van der Waals surface area contributed by atoms with Crippen molar-refractivity contribution in [1.29, 1.82) is 0 Å². The Hall–Kier alpha value is -2.13. The molecule has 1 rings (SSSR count). The van der Waals surface area contributed by atoms with E-state index in [-0.39, 0.29) is 24.3 Å². The van der Waals surface area contributed by atoms with Crippen LogP contribution in [0, 0.1) is 0 Å². The van der Waals surface area contributed by atoms with Gasteiger partial charge in [-0.25, -0.2) is 18.3 Å². The van der Waals surface area contributed by atoms with E-state index in [1.54, 1.807) is 25.1 Å². The normalized spacial score (nSPS) is 12.6. The van der Waals surface area contributed by atoms with E-state index in [0.717, 1.165) is 4.41 Å². The molecule has 0 aliphatic rings. The van der Waals surface area contributed by atoms with Crippen molar-refractivity contribution in [3.05, 3.63) is 30.3 Å². The van der Waals surface area contributed by atoms with Gasteiger partial charge in [0.2, 0.25) is 10.0 Å². The van der Waals surface area contributed by atoms with E-state index in [1.165, 1.54) is 12.1 Å². The monoisotopic (exact) mass is 344 g/mol. The van der Waals surface area contributed by atoms with E-state index in [1.807, 2.05) is 0 Å². The third-order valence-corrected chi connectivity index (χ3v) is 4.75. The number of nitrogens with zero attached hydrogens (tertiary/aromatic N) is 1. The van der Waals surface area contributed by atoms with E-state index in [4.69, 9.17) is 5.11 Å². The average molecular weight is 344 g/mol. The minimum atomic E-state index is -3.78. The number of nitrogens with one attached hydrogen (secondary N) is 1. The Morgan fingerprint density at radius 3 is 2.30 bits per heavy atom. The number of benzene rings is 1. The molecule has 0 bridgehead atoms. The molecule has 1 aromatic rings. The van der Waals surface area contributed by atoms with Crippen LogP contribution in [0.1, 0.15) is 26.2 Å². The number of hydrazine groups is 1. The van der Waals surface area contributed by atoms with Gasteiger partial charge in [-0.15, -0.1) is 0 Å². The Labute approximate surface area is 134 Å². The Balaban J connectivity index is 3.08. The molecule has 1 atom stereocenters. The molecule has 0 saturated carbocycles. The third kappa shape index (κ3) is 5.87. The first-order valence-electron chi connectivity index (χ1n) is 7.06. The molecule has 23 heavy (non-hydrogen) atoms. The van der Waals surface area contributed by atoms with Gasteiger partial charge in [-0.1, -0.05) is 25.1 Å². The summed E-state index contributed by atoms with van der Waals surface area (Å²) in [6.07, 6.45) is -0.268. The van der Waals surface area contributed by atoms with Crippen LogP contribution in [0.5, 0.6) is 0 Å². The van der Waals surface area contributed by atoms with E-state index < -0.39 is 28.0 Å². The number of carbonyl (C=O) groups is 2. The van der Waals surface area contributed by atoms with Crippen LogP contribution in [0.15, 0.2) is 30.3 Å². The summed E-state index contributed by atoms with van der Waals surface area (Å²) >= 11 is 0. The molecule has 0 aromatic heterocycles. The first-order valence-corrected chi connectivity index (χ1v) is 8.67. The van der Waals surface area contributed by atoms with Crippen LogP contribution in [0.4, 0.5) is 5.69 Å². The Kier molecular flexibility index (Phi) is 6.98. The molecular formula is C14H20N2O6S. The number of hydrogen-bond donors (Lipinski definition) is 3. The summed E-state index contributed by atoms with van der Waals surface area (Å²) in [5, 5.41) is 17.9. The number of rotatable bonds is 10. The van der Waals surface area contributed by atoms with Gasteiger partial charge < -0.3 is 10.2 Å². The van der Waals surface area contributed by atoms with Gasteiger partial charge in [0, 0.05) is 6.42 Å². The minimum Gasteiger partial charge on any atom is -0.481 e. The molecule has 0 fully saturated rings. The maximum Gasteiger partial charge on any atom is 0.322 e. The van der Waals surface area contributed by atoms with Crippen LogP contribution < -0.4 is 9.84 Å². The highest BCUT2D eigenvalue weighted by atomic mass is 32.2. The summed E-state index contributed by atoms with van der Waals surface area (Å²) < 4.78 is 25.6. The molecule has 1 aromatic carbocycles. The molecular weight excluding hydrogens is 324 g/mol. The minimum absolute atomic E-state index is 0.167. The first-order chi connectivity index (χ1) is 10.8. The zero-order valence-corrected chi connectivity index (χ0v) is 13.5. The van der Waals surface area contributed by atoms with Crippen molar-refractivity contribution in [3.8, 4) is 0 Å². The number of aliphatic carboxylic acids is 2. The van der Waals surface area contributed by atoms with E-state index in [2.05, 4.69) is 5.43 Å². The van der Waals surface area contributed by atoms with E-state index in [0.29, 0.717) is 6.42 Å². The Morgan fingerprint density at radius 2 is 1.83 bits per heavy atom. The smallest absolute Gasteiger partial charge is 0.322 e. The number of anilines is 1. The molecule has 0 unspecified atom stereocenters. The van der Waals surface area contributed by atoms with Gasteiger partial charge in [0.1, 0.15) is 6.04 Å². The van der Waals surface area contributed by atoms with Gasteiger partial charge >= 0.3 is 11.9 Å². The maximum atomic E-state index is 12.4. The molecule has 9 heteroatoms. The summed E-state index contributed by atoms with van der Waals surface area (Å²) in [6.45, 7) is 1.69. The van der Waals surface area contributed by atoms with E-state index >= 15 is 0 Å². The fraction of sp³-hybridized carbons (Fsp3) is 0.429. The SMILES string of the molecule is CCCS(=O)(=O)N(N[C@@H](CCC(=O)O)C(=O)O)c1ccccc1. The van der Waals surface area contributed by atoms with Gasteiger partial charge in [0.05, 0.1) is 11.4 Å². The van der Waals surface area contributed by atoms with Crippen molar-refractivity contribution in [2.75, 3.05) is 10.2 Å². The van der Waals surface area contributed by atoms with Gasteiger partial charge in [0.15, 0.2) is 0 Å². The number of carboxylic acids is 2.